The summed E-state index contributed by atoms with van der Waals surface area (Å²) in [5.41, 5.74) is 3.07. The number of rotatable bonds is 2. The Hall–Kier alpha value is -1.50. The van der Waals surface area contributed by atoms with Gasteiger partial charge < -0.3 is 0 Å². The van der Waals surface area contributed by atoms with Crippen molar-refractivity contribution in [1.82, 2.24) is 5.43 Å². The average Bonchev–Trinajstić information content (AvgIpc) is 2.79. The molecule has 0 saturated heterocycles. The van der Waals surface area contributed by atoms with Crippen LogP contribution in [0.25, 0.3) is 0 Å². The van der Waals surface area contributed by atoms with E-state index in [1.807, 2.05) is 6.92 Å². The Morgan fingerprint density at radius 3 is 2.44 bits per heavy atom. The molecule has 98 valence electrons. The molecule has 1 aliphatic rings. The van der Waals surface area contributed by atoms with Gasteiger partial charge in [-0.05, 0) is 19.1 Å². The molecule has 0 fully saturated rings. The van der Waals surface area contributed by atoms with Crippen molar-refractivity contribution >= 4 is 14.9 Å². The highest BCUT2D eigenvalue weighted by atomic mass is 32.2. The van der Waals surface area contributed by atoms with Gasteiger partial charge in [0.05, 0.1) is 4.90 Å². The zero-order valence-corrected chi connectivity index (χ0v) is 10.4. The lowest BCUT2D eigenvalue weighted by molar-refractivity contribution is 0.106. The molecule has 1 aromatic carbocycles. The van der Waals surface area contributed by atoms with Crippen molar-refractivity contribution in [2.24, 2.45) is 5.10 Å². The Balaban J connectivity index is 2.26. The van der Waals surface area contributed by atoms with Crippen molar-refractivity contribution in [3.05, 3.63) is 29.8 Å². The van der Waals surface area contributed by atoms with E-state index >= 15 is 0 Å². The van der Waals surface area contributed by atoms with Gasteiger partial charge in [-0.25, -0.2) is 17.2 Å². The fourth-order valence-electron chi connectivity index (χ4n) is 1.60. The highest BCUT2D eigenvalue weighted by Gasteiger charge is 2.34. The predicted octanol–water partition coefficient (Wildman–Crippen LogP) is 1.71. The Labute approximate surface area is 104 Å². The Morgan fingerprint density at radius 2 is 1.94 bits per heavy atom. The summed E-state index contributed by atoms with van der Waals surface area (Å²) < 4.78 is 49.0. The van der Waals surface area contributed by atoms with Gasteiger partial charge in [-0.2, -0.15) is 5.10 Å². The van der Waals surface area contributed by atoms with E-state index in [-0.39, 0.29) is 16.4 Å². The van der Waals surface area contributed by atoms with Gasteiger partial charge in [0.1, 0.15) is 6.04 Å². The number of halogens is 2. The predicted molar refractivity (Wildman–Crippen MR) is 63.3 cm³/mol. The Bertz CT molecular complexity index is 567. The molecule has 0 bridgehead atoms. The number of hydrogen-bond acceptors (Lipinski definition) is 4. The zero-order chi connectivity index (χ0) is 13.3. The number of benzene rings is 1. The largest absolute Gasteiger partial charge is 0.300 e. The summed E-state index contributed by atoms with van der Waals surface area (Å²) >= 11 is 0. The van der Waals surface area contributed by atoms with Crippen LogP contribution in [0.5, 0.6) is 0 Å². The summed E-state index contributed by atoms with van der Waals surface area (Å²) in [5.74, 6) is 0. The molecular weight excluding hydrogens is 262 g/mol. The third-order valence-electron chi connectivity index (χ3n) is 2.70. The van der Waals surface area contributed by atoms with Crippen LogP contribution in [0.2, 0.25) is 0 Å². The van der Waals surface area contributed by atoms with Crippen LogP contribution in [0.15, 0.2) is 34.3 Å². The molecule has 0 radical (unpaired) electrons. The maximum Gasteiger partial charge on any atom is 0.260 e. The van der Waals surface area contributed by atoms with Crippen molar-refractivity contribution in [1.29, 1.82) is 0 Å². The second-order valence-corrected chi connectivity index (χ2v) is 6.05. The molecule has 1 aliphatic heterocycles. The third-order valence-corrected chi connectivity index (χ3v) is 4.47. The van der Waals surface area contributed by atoms with E-state index in [1.165, 1.54) is 12.1 Å². The first-order valence-corrected chi connectivity index (χ1v) is 6.81. The maximum atomic E-state index is 12.4. The van der Waals surface area contributed by atoms with Crippen molar-refractivity contribution < 1.29 is 17.2 Å². The van der Waals surface area contributed by atoms with Crippen molar-refractivity contribution in [3.8, 4) is 0 Å². The number of nitrogens with zero attached hydrogens (tertiary/aromatic N) is 1. The standard InChI is InChI=1S/C11H12F2N2O2S/c1-7-2-4-8(5-3-7)18(16,17)10-6-9(11(12)13)14-15-10/h2-5,9,11,14H,6H2,1H3. The minimum Gasteiger partial charge on any atom is -0.300 e. The number of aryl methyl sites for hydroxylation is 1. The van der Waals surface area contributed by atoms with E-state index in [0.717, 1.165) is 5.56 Å². The van der Waals surface area contributed by atoms with Gasteiger partial charge in [0.2, 0.25) is 9.84 Å². The van der Waals surface area contributed by atoms with Crippen LogP contribution in [0.1, 0.15) is 12.0 Å². The van der Waals surface area contributed by atoms with E-state index < -0.39 is 22.3 Å². The average molecular weight is 274 g/mol. The second kappa shape index (κ2) is 4.64. The molecule has 7 heteroatoms. The summed E-state index contributed by atoms with van der Waals surface area (Å²) in [4.78, 5) is 0.0727. The molecule has 2 rings (SSSR count). The zero-order valence-electron chi connectivity index (χ0n) is 9.60. The summed E-state index contributed by atoms with van der Waals surface area (Å²) in [6, 6.07) is 4.98. The van der Waals surface area contributed by atoms with E-state index in [2.05, 4.69) is 10.5 Å². The summed E-state index contributed by atoms with van der Waals surface area (Å²) in [6.07, 6.45) is -2.92. The second-order valence-electron chi connectivity index (χ2n) is 4.10. The van der Waals surface area contributed by atoms with Crippen LogP contribution in [-0.2, 0) is 9.84 Å². The van der Waals surface area contributed by atoms with Crippen LogP contribution >= 0.6 is 0 Å². The lowest BCUT2D eigenvalue weighted by Crippen LogP contribution is -2.28. The van der Waals surface area contributed by atoms with Gasteiger partial charge in [0.15, 0.2) is 5.04 Å². The van der Waals surface area contributed by atoms with Crippen molar-refractivity contribution in [3.63, 3.8) is 0 Å². The third kappa shape index (κ3) is 2.35. The number of hydrogen-bond donors (Lipinski definition) is 1. The number of nitrogens with one attached hydrogen (secondary N) is 1. The van der Waals surface area contributed by atoms with Crippen LogP contribution in [0.3, 0.4) is 0 Å². The Morgan fingerprint density at radius 1 is 1.33 bits per heavy atom. The minimum absolute atomic E-state index is 0.0727. The van der Waals surface area contributed by atoms with E-state index in [4.69, 9.17) is 0 Å². The molecule has 0 saturated carbocycles. The maximum absolute atomic E-state index is 12.4. The molecule has 1 atom stereocenters. The van der Waals surface area contributed by atoms with Gasteiger partial charge in [0.25, 0.3) is 6.43 Å². The van der Waals surface area contributed by atoms with Crippen LogP contribution < -0.4 is 5.43 Å². The summed E-state index contributed by atoms with van der Waals surface area (Å²) in [7, 11) is -3.77. The first-order chi connectivity index (χ1) is 8.41. The summed E-state index contributed by atoms with van der Waals surface area (Å²) in [6.45, 7) is 1.83. The SMILES string of the molecule is Cc1ccc(S(=O)(=O)C2=NNC(C(F)F)C2)cc1. The highest BCUT2D eigenvalue weighted by molar-refractivity contribution is 8.06. The lowest BCUT2D eigenvalue weighted by Gasteiger charge is -2.07. The van der Waals surface area contributed by atoms with Crippen LogP contribution in [0, 0.1) is 6.92 Å². The van der Waals surface area contributed by atoms with Gasteiger partial charge in [-0.1, -0.05) is 17.7 Å². The van der Waals surface area contributed by atoms with Gasteiger partial charge in [-0.3, -0.25) is 5.43 Å². The number of alkyl halides is 2. The fourth-order valence-corrected chi connectivity index (χ4v) is 2.94. The van der Waals surface area contributed by atoms with Crippen LogP contribution in [-0.4, -0.2) is 25.9 Å². The number of sulfone groups is 1. The molecular formula is C11H12F2N2O2S. The molecule has 4 nitrogen and oxygen atoms in total. The fraction of sp³-hybridized carbons (Fsp3) is 0.364. The normalized spacial score (nSPS) is 19.8. The van der Waals surface area contributed by atoms with E-state index in [1.54, 1.807) is 12.1 Å². The lowest BCUT2D eigenvalue weighted by atomic mass is 10.2. The molecule has 0 spiro atoms. The molecule has 0 aliphatic carbocycles. The van der Waals surface area contributed by atoms with Gasteiger partial charge in [0, 0.05) is 6.42 Å². The van der Waals surface area contributed by atoms with E-state index in [9.17, 15) is 17.2 Å². The summed E-state index contributed by atoms with van der Waals surface area (Å²) in [5, 5.41) is 3.27. The number of hydrazone groups is 1. The van der Waals surface area contributed by atoms with Crippen molar-refractivity contribution in [2.45, 2.75) is 30.7 Å². The first kappa shape index (κ1) is 12.9. The molecule has 0 amide bonds. The Kier molecular flexibility index (Phi) is 3.34. The topological polar surface area (TPSA) is 58.5 Å². The molecule has 0 aromatic heterocycles. The first-order valence-electron chi connectivity index (χ1n) is 5.33. The molecule has 18 heavy (non-hydrogen) atoms. The van der Waals surface area contributed by atoms with Crippen LogP contribution in [0.4, 0.5) is 8.78 Å². The molecule has 1 unspecified atom stereocenters. The molecule has 1 heterocycles. The van der Waals surface area contributed by atoms with Crippen molar-refractivity contribution in [2.75, 3.05) is 0 Å². The minimum atomic E-state index is -3.77. The van der Waals surface area contributed by atoms with E-state index in [0.29, 0.717) is 0 Å². The van der Waals surface area contributed by atoms with Gasteiger partial charge in [-0.15, -0.1) is 0 Å². The molecule has 1 aromatic rings. The smallest absolute Gasteiger partial charge is 0.260 e. The monoisotopic (exact) mass is 274 g/mol. The van der Waals surface area contributed by atoms with Gasteiger partial charge >= 0.3 is 0 Å². The molecule has 1 N–H and O–H groups in total. The highest BCUT2D eigenvalue weighted by Crippen LogP contribution is 2.21. The quantitative estimate of drug-likeness (QED) is 0.893.